The van der Waals surface area contributed by atoms with Crippen molar-refractivity contribution in [2.75, 3.05) is 0 Å². The van der Waals surface area contributed by atoms with Crippen LogP contribution in [-0.4, -0.2) is 11.6 Å². The number of hydrogen-bond acceptors (Lipinski definition) is 2. The molecule has 4 rings (SSSR count). The van der Waals surface area contributed by atoms with E-state index in [1.807, 2.05) is 0 Å². The van der Waals surface area contributed by atoms with Crippen LogP contribution in [0.2, 0.25) is 0 Å². The van der Waals surface area contributed by atoms with Gasteiger partial charge >= 0.3 is 0 Å². The third-order valence-electron chi connectivity index (χ3n) is 7.91. The van der Waals surface area contributed by atoms with Gasteiger partial charge in [-0.1, -0.05) is 13.8 Å². The van der Waals surface area contributed by atoms with Gasteiger partial charge in [-0.05, 0) is 67.1 Å². The van der Waals surface area contributed by atoms with E-state index >= 15 is 0 Å². The van der Waals surface area contributed by atoms with Gasteiger partial charge in [0.15, 0.2) is 0 Å². The van der Waals surface area contributed by atoms with Gasteiger partial charge in [-0.15, -0.1) is 0 Å². The summed E-state index contributed by atoms with van der Waals surface area (Å²) in [5.41, 5.74) is 0.377. The lowest BCUT2D eigenvalue weighted by Crippen LogP contribution is -2.53. The Bertz CT molecular complexity index is 482. The van der Waals surface area contributed by atoms with Gasteiger partial charge in [-0.2, -0.15) is 0 Å². The maximum Gasteiger partial charge on any atom is 0.136 e. The van der Waals surface area contributed by atoms with Gasteiger partial charge in [-0.3, -0.25) is 9.59 Å². The first-order chi connectivity index (χ1) is 10.0. The molecule has 4 aliphatic carbocycles. The Morgan fingerprint density at radius 2 is 1.86 bits per heavy atom. The highest BCUT2D eigenvalue weighted by atomic mass is 16.1. The van der Waals surface area contributed by atoms with Crippen LogP contribution in [0.1, 0.15) is 65.2 Å². The molecule has 2 nitrogen and oxygen atoms in total. The van der Waals surface area contributed by atoms with Crippen molar-refractivity contribution in [3.05, 3.63) is 0 Å². The highest BCUT2D eigenvalue weighted by Gasteiger charge is 2.57. The van der Waals surface area contributed by atoms with Crippen LogP contribution in [0.15, 0.2) is 0 Å². The van der Waals surface area contributed by atoms with E-state index < -0.39 is 0 Å². The van der Waals surface area contributed by atoms with Crippen LogP contribution in [0.25, 0.3) is 0 Å². The first-order valence-corrected chi connectivity index (χ1v) is 9.05. The molecular formula is C19H28O2. The summed E-state index contributed by atoms with van der Waals surface area (Å²) >= 11 is 0. The largest absolute Gasteiger partial charge is 0.300 e. The van der Waals surface area contributed by atoms with Crippen LogP contribution in [0, 0.1) is 40.9 Å². The van der Waals surface area contributed by atoms with E-state index in [1.165, 1.54) is 19.3 Å². The molecule has 0 unspecified atom stereocenters. The van der Waals surface area contributed by atoms with Crippen molar-refractivity contribution in [2.24, 2.45) is 40.9 Å². The average molecular weight is 288 g/mol. The molecule has 4 saturated carbocycles. The number of rotatable bonds is 0. The van der Waals surface area contributed by atoms with Crippen LogP contribution in [0.3, 0.4) is 0 Å². The van der Waals surface area contributed by atoms with E-state index in [0.29, 0.717) is 40.7 Å². The van der Waals surface area contributed by atoms with Gasteiger partial charge < -0.3 is 0 Å². The zero-order valence-electron chi connectivity index (χ0n) is 13.4. The van der Waals surface area contributed by atoms with Crippen molar-refractivity contribution in [2.45, 2.75) is 65.2 Å². The normalized spacial score (nSPS) is 53.0. The molecule has 0 N–H and O–H groups in total. The van der Waals surface area contributed by atoms with Gasteiger partial charge in [0.25, 0.3) is 0 Å². The minimum atomic E-state index is 0.372. The highest BCUT2D eigenvalue weighted by molar-refractivity contribution is 5.84. The summed E-state index contributed by atoms with van der Waals surface area (Å²) in [7, 11) is 0. The fraction of sp³-hybridized carbons (Fsp3) is 0.895. The minimum absolute atomic E-state index is 0.372. The Morgan fingerprint density at radius 1 is 1.05 bits per heavy atom. The first kappa shape index (κ1) is 14.0. The summed E-state index contributed by atoms with van der Waals surface area (Å²) in [6, 6.07) is 0. The minimum Gasteiger partial charge on any atom is -0.300 e. The first-order valence-electron chi connectivity index (χ1n) is 9.05. The molecule has 7 atom stereocenters. The van der Waals surface area contributed by atoms with Gasteiger partial charge in [0.1, 0.15) is 11.6 Å². The molecule has 2 heteroatoms. The van der Waals surface area contributed by atoms with Crippen molar-refractivity contribution in [1.29, 1.82) is 0 Å². The van der Waals surface area contributed by atoms with Gasteiger partial charge in [0.2, 0.25) is 0 Å². The van der Waals surface area contributed by atoms with Crippen LogP contribution in [0.5, 0.6) is 0 Å². The third kappa shape index (κ3) is 1.90. The molecule has 0 aromatic carbocycles. The van der Waals surface area contributed by atoms with Crippen molar-refractivity contribution in [3.8, 4) is 0 Å². The predicted octanol–water partition coefficient (Wildman–Crippen LogP) is 4.02. The quantitative estimate of drug-likeness (QED) is 0.674. The molecule has 0 spiro atoms. The van der Waals surface area contributed by atoms with Crippen molar-refractivity contribution in [3.63, 3.8) is 0 Å². The number of carbonyl (C=O) groups excluding carboxylic acids is 2. The monoisotopic (exact) mass is 288 g/mol. The van der Waals surface area contributed by atoms with E-state index in [4.69, 9.17) is 0 Å². The van der Waals surface area contributed by atoms with E-state index in [1.54, 1.807) is 0 Å². The fourth-order valence-electron chi connectivity index (χ4n) is 6.84. The van der Waals surface area contributed by atoms with Gasteiger partial charge in [-0.25, -0.2) is 0 Å². The van der Waals surface area contributed by atoms with Crippen molar-refractivity contribution in [1.82, 2.24) is 0 Å². The van der Waals surface area contributed by atoms with Crippen LogP contribution >= 0.6 is 0 Å². The zero-order valence-corrected chi connectivity index (χ0v) is 13.4. The van der Waals surface area contributed by atoms with E-state index in [2.05, 4.69) is 13.8 Å². The Kier molecular flexibility index (Phi) is 3.10. The number of hydrogen-bond donors (Lipinski definition) is 0. The molecule has 0 aromatic heterocycles. The number of carbonyl (C=O) groups is 2. The Balaban J connectivity index is 1.66. The topological polar surface area (TPSA) is 34.1 Å². The molecule has 0 bridgehead atoms. The number of fused-ring (bicyclic) bond motifs is 5. The average Bonchev–Trinajstić information content (AvgIpc) is 2.84. The molecule has 0 amide bonds. The fourth-order valence-corrected chi connectivity index (χ4v) is 6.84. The summed E-state index contributed by atoms with van der Waals surface area (Å²) in [5.74, 6) is 4.82. The van der Waals surface area contributed by atoms with Gasteiger partial charge in [0, 0.05) is 25.2 Å². The maximum absolute atomic E-state index is 12.3. The Morgan fingerprint density at radius 3 is 2.67 bits per heavy atom. The van der Waals surface area contributed by atoms with E-state index in [0.717, 1.165) is 43.9 Å². The lowest BCUT2D eigenvalue weighted by Gasteiger charge is -2.58. The standard InChI is InChI=1S/C19H28O2/c1-11-9-16-14(15-5-6-17(21)18(11)15)4-3-12-10-13(20)7-8-19(12,16)2/h11-12,14-16,18H,3-10H2,1-2H3/t11-,12-,14+,15+,16+,18+,19+/m1/s1. The SMILES string of the molecule is C[C@@H]1C[C@H]2[C@@H](CC[C@@H]3CC(=O)CC[C@@]32C)[C@@H]2CCC(=O)[C@H]21. The second kappa shape index (κ2) is 4.67. The zero-order chi connectivity index (χ0) is 14.8. The van der Waals surface area contributed by atoms with Crippen LogP contribution in [0.4, 0.5) is 0 Å². The summed E-state index contributed by atoms with van der Waals surface area (Å²) in [5, 5.41) is 0. The molecule has 0 saturated heterocycles. The highest BCUT2D eigenvalue weighted by Crippen LogP contribution is 2.63. The van der Waals surface area contributed by atoms with Crippen LogP contribution in [-0.2, 0) is 9.59 Å². The molecule has 0 aliphatic heterocycles. The van der Waals surface area contributed by atoms with Crippen LogP contribution < -0.4 is 0 Å². The molecule has 0 heterocycles. The maximum atomic E-state index is 12.3. The smallest absolute Gasteiger partial charge is 0.136 e. The predicted molar refractivity (Wildman–Crippen MR) is 81.7 cm³/mol. The number of Topliss-reactive ketones (excluding diaryl/α,β-unsaturated/α-hetero) is 2. The molecule has 116 valence electrons. The van der Waals surface area contributed by atoms with Crippen molar-refractivity contribution < 1.29 is 9.59 Å². The summed E-state index contributed by atoms with van der Waals surface area (Å²) in [6.45, 7) is 4.79. The summed E-state index contributed by atoms with van der Waals surface area (Å²) in [6.07, 6.45) is 8.47. The number of ketones is 2. The Hall–Kier alpha value is -0.660. The van der Waals surface area contributed by atoms with E-state index in [9.17, 15) is 9.59 Å². The van der Waals surface area contributed by atoms with E-state index in [-0.39, 0.29) is 0 Å². The Labute approximate surface area is 128 Å². The molecule has 0 aromatic rings. The molecule has 4 fully saturated rings. The third-order valence-corrected chi connectivity index (χ3v) is 7.91. The second-order valence-electron chi connectivity index (χ2n) is 8.70. The summed E-state index contributed by atoms with van der Waals surface area (Å²) in [4.78, 5) is 24.1. The van der Waals surface area contributed by atoms with Gasteiger partial charge in [0.05, 0.1) is 0 Å². The second-order valence-corrected chi connectivity index (χ2v) is 8.70. The molecular weight excluding hydrogens is 260 g/mol. The molecule has 21 heavy (non-hydrogen) atoms. The van der Waals surface area contributed by atoms with Crippen molar-refractivity contribution >= 4 is 11.6 Å². The lowest BCUT2D eigenvalue weighted by molar-refractivity contribution is -0.140. The molecule has 0 radical (unpaired) electrons. The molecule has 4 aliphatic rings. The summed E-state index contributed by atoms with van der Waals surface area (Å²) < 4.78 is 0. The lowest BCUT2D eigenvalue weighted by atomic mass is 9.46.